The van der Waals surface area contributed by atoms with Gasteiger partial charge < -0.3 is 26.2 Å². The number of nitrogens with one attached hydrogen (secondary N) is 2. The molecule has 5 N–H and O–H groups in total. The number of anilines is 1. The van der Waals surface area contributed by atoms with Gasteiger partial charge in [0.05, 0.1) is 12.3 Å². The maximum absolute atomic E-state index is 10.5. The fourth-order valence-electron chi connectivity index (χ4n) is 4.56. The molecule has 1 aliphatic heterocycles. The van der Waals surface area contributed by atoms with Gasteiger partial charge in [-0.2, -0.15) is 19.6 Å². The van der Waals surface area contributed by atoms with Gasteiger partial charge in [0.15, 0.2) is 5.65 Å². The van der Waals surface area contributed by atoms with Gasteiger partial charge in [0.2, 0.25) is 5.95 Å². The Balaban J connectivity index is 1.42. The number of aromatic nitrogens is 4. The summed E-state index contributed by atoms with van der Waals surface area (Å²) >= 11 is 0. The molecule has 9 nitrogen and oxygen atoms in total. The molecule has 3 aromatic rings. The first-order valence-corrected chi connectivity index (χ1v) is 13.4. The van der Waals surface area contributed by atoms with Gasteiger partial charge in [0, 0.05) is 18.7 Å². The average Bonchev–Trinajstić information content (AvgIpc) is 3.32. The zero-order chi connectivity index (χ0) is 25.3. The predicted molar refractivity (Wildman–Crippen MR) is 142 cm³/mol. The molecule has 0 aliphatic carbocycles. The van der Waals surface area contributed by atoms with Gasteiger partial charge in [0.1, 0.15) is 6.10 Å². The molecule has 0 bridgehead atoms. The highest BCUT2D eigenvalue weighted by Gasteiger charge is 2.20. The molecule has 0 saturated carbocycles. The van der Waals surface area contributed by atoms with Crippen molar-refractivity contribution in [2.75, 3.05) is 25.0 Å². The Hall–Kier alpha value is -2.75. The van der Waals surface area contributed by atoms with Gasteiger partial charge in [-0.3, -0.25) is 0 Å². The molecular formula is C27H41N7O2. The van der Waals surface area contributed by atoms with E-state index in [9.17, 15) is 5.11 Å². The Morgan fingerprint density at radius 1 is 1.17 bits per heavy atom. The number of unbranched alkanes of at least 4 members (excludes halogenated alkanes) is 3. The molecule has 1 aromatic carbocycles. The lowest BCUT2D eigenvalue weighted by Gasteiger charge is -2.23. The van der Waals surface area contributed by atoms with E-state index < -0.39 is 6.10 Å². The molecule has 0 spiro atoms. The van der Waals surface area contributed by atoms with E-state index in [2.05, 4.69) is 34.6 Å². The number of ether oxygens (including phenoxy) is 1. The highest BCUT2D eigenvalue weighted by atomic mass is 16.5. The van der Waals surface area contributed by atoms with Gasteiger partial charge in [-0.05, 0) is 55.8 Å². The number of fused-ring (bicyclic) bond motifs is 1. The van der Waals surface area contributed by atoms with E-state index in [-0.39, 0.29) is 12.0 Å². The second-order valence-electron chi connectivity index (χ2n) is 10.0. The monoisotopic (exact) mass is 495 g/mol. The second-order valence-corrected chi connectivity index (χ2v) is 10.0. The summed E-state index contributed by atoms with van der Waals surface area (Å²) in [7, 11) is 0. The summed E-state index contributed by atoms with van der Waals surface area (Å²) in [5, 5.41) is 21.9. The van der Waals surface area contributed by atoms with Crippen LogP contribution in [0.1, 0.15) is 87.5 Å². The first kappa shape index (κ1) is 26.3. The number of aliphatic hydroxyl groups excluding tert-OH is 1. The predicted octanol–water partition coefficient (Wildman–Crippen LogP) is 3.93. The van der Waals surface area contributed by atoms with E-state index in [1.165, 1.54) is 0 Å². The fourth-order valence-corrected chi connectivity index (χ4v) is 4.56. The Bertz CT molecular complexity index is 1080. The lowest BCUT2D eigenvalue weighted by molar-refractivity contribution is 0.153. The highest BCUT2D eigenvalue weighted by molar-refractivity contribution is 5.53. The number of hydrogen-bond acceptors (Lipinski definition) is 8. The number of hydrogen-bond donors (Lipinski definition) is 4. The smallest absolute Gasteiger partial charge is 0.322 e. The molecule has 1 saturated heterocycles. The summed E-state index contributed by atoms with van der Waals surface area (Å²) in [6.45, 7) is 7.41. The van der Waals surface area contributed by atoms with E-state index >= 15 is 0 Å². The minimum Gasteiger partial charge on any atom is -0.459 e. The molecule has 0 amide bonds. The first-order chi connectivity index (χ1) is 17.5. The molecule has 4 rings (SSSR count). The van der Waals surface area contributed by atoms with Gasteiger partial charge in [-0.1, -0.05) is 57.4 Å². The van der Waals surface area contributed by atoms with Crippen molar-refractivity contribution < 1.29 is 9.84 Å². The maximum Gasteiger partial charge on any atom is 0.322 e. The average molecular weight is 496 g/mol. The summed E-state index contributed by atoms with van der Waals surface area (Å²) in [6, 6.07) is 8.49. The van der Waals surface area contributed by atoms with Gasteiger partial charge in [-0.15, -0.1) is 0 Å². The highest BCUT2D eigenvalue weighted by Crippen LogP contribution is 2.24. The number of nitrogens with zero attached hydrogens (tertiary/aromatic N) is 4. The van der Waals surface area contributed by atoms with Crippen molar-refractivity contribution in [1.82, 2.24) is 24.9 Å². The van der Waals surface area contributed by atoms with Crippen LogP contribution in [-0.4, -0.2) is 50.4 Å². The molecular weight excluding hydrogens is 454 g/mol. The van der Waals surface area contributed by atoms with E-state index in [0.29, 0.717) is 18.5 Å². The molecule has 1 unspecified atom stereocenters. The zero-order valence-electron chi connectivity index (χ0n) is 21.6. The van der Waals surface area contributed by atoms with Crippen molar-refractivity contribution in [2.24, 2.45) is 5.73 Å². The van der Waals surface area contributed by atoms with Crippen molar-refractivity contribution in [3.63, 3.8) is 0 Å². The van der Waals surface area contributed by atoms with Crippen LogP contribution in [0.2, 0.25) is 0 Å². The molecule has 196 valence electrons. The molecule has 0 radical (unpaired) electrons. The largest absolute Gasteiger partial charge is 0.459 e. The van der Waals surface area contributed by atoms with E-state index in [1.54, 1.807) is 4.52 Å². The summed E-state index contributed by atoms with van der Waals surface area (Å²) in [4.78, 5) is 9.37. The first-order valence-electron chi connectivity index (χ1n) is 13.4. The van der Waals surface area contributed by atoms with E-state index in [4.69, 9.17) is 15.5 Å². The van der Waals surface area contributed by atoms with Gasteiger partial charge in [0.25, 0.3) is 0 Å². The van der Waals surface area contributed by atoms with Gasteiger partial charge >= 0.3 is 6.01 Å². The summed E-state index contributed by atoms with van der Waals surface area (Å²) in [6.07, 6.45) is 8.65. The molecule has 9 heteroatoms. The van der Waals surface area contributed by atoms with Crippen LogP contribution in [-0.2, 0) is 6.54 Å². The molecule has 2 aromatic heterocycles. The minimum absolute atomic E-state index is 0.0686. The number of nitrogens with two attached hydrogens (primary N) is 1. The molecule has 2 atom stereocenters. The molecule has 3 heterocycles. The van der Waals surface area contributed by atoms with Crippen LogP contribution >= 0.6 is 0 Å². The molecule has 1 fully saturated rings. The topological polar surface area (TPSA) is 123 Å². The van der Waals surface area contributed by atoms with Crippen LogP contribution in [0.15, 0.2) is 30.5 Å². The Morgan fingerprint density at radius 3 is 2.69 bits per heavy atom. The Kier molecular flexibility index (Phi) is 9.49. The Morgan fingerprint density at radius 2 is 1.97 bits per heavy atom. The SMILES string of the molecule is CC(C)c1cnn2c(NCc3ccc([C@@H](O)CCCCCCN)cc3)nc(OC3CCCNC3)nc12. The summed E-state index contributed by atoms with van der Waals surface area (Å²) in [5.41, 5.74) is 9.43. The summed E-state index contributed by atoms with van der Waals surface area (Å²) in [5.74, 6) is 0.890. The lowest BCUT2D eigenvalue weighted by atomic mass is 10.0. The van der Waals surface area contributed by atoms with Crippen LogP contribution in [0, 0.1) is 0 Å². The lowest BCUT2D eigenvalue weighted by Crippen LogP contribution is -2.37. The quantitative estimate of drug-likeness (QED) is 0.263. The molecule has 1 aliphatic rings. The van der Waals surface area contributed by atoms with Crippen LogP contribution in [0.25, 0.3) is 5.65 Å². The number of piperidine rings is 1. The third-order valence-corrected chi connectivity index (χ3v) is 6.77. The number of rotatable bonds is 13. The van der Waals surface area contributed by atoms with Crippen LogP contribution < -0.4 is 21.1 Å². The van der Waals surface area contributed by atoms with Gasteiger partial charge in [-0.25, -0.2) is 0 Å². The van der Waals surface area contributed by atoms with Crippen molar-refractivity contribution >= 4 is 11.6 Å². The van der Waals surface area contributed by atoms with Crippen LogP contribution in [0.4, 0.5) is 5.95 Å². The van der Waals surface area contributed by atoms with Crippen molar-refractivity contribution in [1.29, 1.82) is 0 Å². The van der Waals surface area contributed by atoms with Crippen LogP contribution in [0.3, 0.4) is 0 Å². The normalized spacial score (nSPS) is 17.0. The number of aliphatic hydroxyl groups is 1. The Labute approximate surface area is 213 Å². The van der Waals surface area contributed by atoms with Crippen molar-refractivity contribution in [2.45, 2.75) is 83.5 Å². The minimum atomic E-state index is -0.432. The third-order valence-electron chi connectivity index (χ3n) is 6.77. The standard InChI is InChI=1S/C27H41N7O2/c1-19(2)23-18-31-34-25(23)32-27(36-22-8-7-15-29-17-22)33-26(34)30-16-20-10-12-21(13-11-20)24(35)9-5-3-4-6-14-28/h10-13,18-19,22,24,29,35H,3-9,14-17,28H2,1-2H3,(H,30,32,33)/t22?,24-/m0/s1. The maximum atomic E-state index is 10.5. The van der Waals surface area contributed by atoms with Crippen molar-refractivity contribution in [3.05, 3.63) is 47.2 Å². The van der Waals surface area contributed by atoms with E-state index in [0.717, 1.165) is 86.9 Å². The second kappa shape index (κ2) is 13.0. The van der Waals surface area contributed by atoms with E-state index in [1.807, 2.05) is 30.5 Å². The fraction of sp³-hybridized carbons (Fsp3) is 0.593. The number of benzene rings is 1. The van der Waals surface area contributed by atoms with Crippen molar-refractivity contribution in [3.8, 4) is 6.01 Å². The van der Waals surface area contributed by atoms with Crippen LogP contribution in [0.5, 0.6) is 6.01 Å². The molecule has 36 heavy (non-hydrogen) atoms. The zero-order valence-corrected chi connectivity index (χ0v) is 21.6. The third kappa shape index (κ3) is 6.93. The summed E-state index contributed by atoms with van der Waals surface area (Å²) < 4.78 is 7.91.